The molecule has 1 aliphatic heterocycles. The third kappa shape index (κ3) is 6.66. The molecule has 1 aromatic heterocycles. The fourth-order valence-electron chi connectivity index (χ4n) is 2.94. The van der Waals surface area contributed by atoms with Crippen molar-refractivity contribution < 1.29 is 4.74 Å². The predicted molar refractivity (Wildman–Crippen MR) is 115 cm³/mol. The number of aryl methyl sites for hydroxylation is 1. The Kier molecular flexibility index (Phi) is 10.4. The molecule has 150 valence electrons. The van der Waals surface area contributed by atoms with Crippen LogP contribution in [-0.2, 0) is 24.3 Å². The lowest BCUT2D eigenvalue weighted by Gasteiger charge is -2.27. The number of hydrogen-bond acceptors (Lipinski definition) is 5. The molecule has 2 heterocycles. The lowest BCUT2D eigenvalue weighted by Crippen LogP contribution is -2.48. The Labute approximate surface area is 174 Å². The molecule has 0 radical (unpaired) electrons. The van der Waals surface area contributed by atoms with Crippen LogP contribution < -0.4 is 10.6 Å². The van der Waals surface area contributed by atoms with E-state index in [-0.39, 0.29) is 24.0 Å². The highest BCUT2D eigenvalue weighted by Crippen LogP contribution is 2.13. The Hall–Kier alpha value is -0.940. The third-order valence-corrected chi connectivity index (χ3v) is 4.84. The van der Waals surface area contributed by atoms with Crippen LogP contribution in [0.3, 0.4) is 0 Å². The molecule has 2 rings (SSSR count). The van der Waals surface area contributed by atoms with Crippen molar-refractivity contribution in [1.29, 1.82) is 0 Å². The van der Waals surface area contributed by atoms with Gasteiger partial charge in [-0.25, -0.2) is 9.67 Å². The predicted octanol–water partition coefficient (Wildman–Crippen LogP) is 1.25. The zero-order valence-corrected chi connectivity index (χ0v) is 19.0. The maximum Gasteiger partial charge on any atom is 0.191 e. The van der Waals surface area contributed by atoms with E-state index in [0.29, 0.717) is 18.7 Å². The third-order valence-electron chi connectivity index (χ3n) is 4.84. The van der Waals surface area contributed by atoms with Gasteiger partial charge in [0.05, 0.1) is 6.54 Å². The van der Waals surface area contributed by atoms with E-state index in [9.17, 15) is 0 Å². The molecule has 0 saturated carbocycles. The molecule has 0 saturated heterocycles. The number of ether oxygens (including phenoxy) is 1. The summed E-state index contributed by atoms with van der Waals surface area (Å²) in [6, 6.07) is 0.908. The van der Waals surface area contributed by atoms with Gasteiger partial charge in [0.2, 0.25) is 0 Å². The van der Waals surface area contributed by atoms with Gasteiger partial charge in [-0.1, -0.05) is 6.92 Å². The summed E-state index contributed by atoms with van der Waals surface area (Å²) in [5, 5.41) is 11.4. The second kappa shape index (κ2) is 11.7. The first kappa shape index (κ1) is 23.1. The van der Waals surface area contributed by atoms with E-state index < -0.39 is 0 Å². The molecule has 2 N–H and O–H groups in total. The van der Waals surface area contributed by atoms with Crippen molar-refractivity contribution in [2.45, 2.75) is 58.3 Å². The van der Waals surface area contributed by atoms with Crippen molar-refractivity contribution in [3.05, 3.63) is 11.6 Å². The standard InChI is InChI=1S/C17H33N7O.HI/c1-6-13(2)23(4)10-9-19-17(18-3)20-14-7-8-16-21-15(12-25-5)22-24(16)11-14;/h13-14H,6-12H2,1-5H3,(H2,18,19,20);1H. The lowest BCUT2D eigenvalue weighted by molar-refractivity contribution is 0.177. The number of nitrogens with one attached hydrogen (secondary N) is 2. The Bertz CT molecular complexity index is 563. The van der Waals surface area contributed by atoms with Gasteiger partial charge in [0.15, 0.2) is 11.8 Å². The van der Waals surface area contributed by atoms with Crippen molar-refractivity contribution in [1.82, 2.24) is 30.3 Å². The number of fused-ring (bicyclic) bond motifs is 1. The van der Waals surface area contributed by atoms with Crippen molar-refractivity contribution in [2.75, 3.05) is 34.3 Å². The average molecular weight is 479 g/mol. The van der Waals surface area contributed by atoms with Crippen molar-refractivity contribution >= 4 is 29.9 Å². The molecule has 9 heteroatoms. The van der Waals surface area contributed by atoms with E-state index in [1.807, 2.05) is 11.7 Å². The number of rotatable bonds is 8. The quantitative estimate of drug-likeness (QED) is 0.332. The SMILES string of the molecule is CCC(C)N(C)CCNC(=NC)NC1CCc2nc(COC)nn2C1.I. The van der Waals surface area contributed by atoms with E-state index in [4.69, 9.17) is 4.74 Å². The van der Waals surface area contributed by atoms with E-state index in [2.05, 4.69) is 51.5 Å². The van der Waals surface area contributed by atoms with Gasteiger partial charge in [0.25, 0.3) is 0 Å². The summed E-state index contributed by atoms with van der Waals surface area (Å²) < 4.78 is 7.10. The van der Waals surface area contributed by atoms with E-state index in [1.165, 1.54) is 0 Å². The summed E-state index contributed by atoms with van der Waals surface area (Å²) >= 11 is 0. The van der Waals surface area contributed by atoms with E-state index >= 15 is 0 Å². The summed E-state index contributed by atoms with van der Waals surface area (Å²) in [6.07, 6.45) is 3.11. The lowest BCUT2D eigenvalue weighted by atomic mass is 10.1. The first-order valence-electron chi connectivity index (χ1n) is 9.16. The molecule has 26 heavy (non-hydrogen) atoms. The Morgan fingerprint density at radius 3 is 2.92 bits per heavy atom. The van der Waals surface area contributed by atoms with Gasteiger partial charge < -0.3 is 20.3 Å². The van der Waals surface area contributed by atoms with Crippen molar-refractivity contribution in [3.63, 3.8) is 0 Å². The van der Waals surface area contributed by atoms with Gasteiger partial charge in [-0.15, -0.1) is 24.0 Å². The van der Waals surface area contributed by atoms with Gasteiger partial charge >= 0.3 is 0 Å². The minimum Gasteiger partial charge on any atom is -0.377 e. The Morgan fingerprint density at radius 1 is 1.50 bits per heavy atom. The minimum absolute atomic E-state index is 0. The largest absolute Gasteiger partial charge is 0.377 e. The van der Waals surface area contributed by atoms with Gasteiger partial charge in [0.1, 0.15) is 12.4 Å². The van der Waals surface area contributed by atoms with Gasteiger partial charge in [-0.3, -0.25) is 4.99 Å². The molecule has 0 amide bonds. The van der Waals surface area contributed by atoms with Crippen molar-refractivity contribution in [2.24, 2.45) is 4.99 Å². The van der Waals surface area contributed by atoms with Gasteiger partial charge in [-0.2, -0.15) is 5.10 Å². The molecule has 2 unspecified atom stereocenters. The first-order valence-corrected chi connectivity index (χ1v) is 9.16. The maximum atomic E-state index is 5.12. The number of aromatic nitrogens is 3. The molecule has 0 spiro atoms. The summed E-state index contributed by atoms with van der Waals surface area (Å²) in [7, 11) is 5.64. The minimum atomic E-state index is 0. The molecular formula is C17H34IN7O. The molecule has 0 aromatic carbocycles. The Balaban J connectivity index is 0.00000338. The second-order valence-electron chi connectivity index (χ2n) is 6.68. The molecular weight excluding hydrogens is 445 g/mol. The highest BCUT2D eigenvalue weighted by molar-refractivity contribution is 14.0. The van der Waals surface area contributed by atoms with Crippen LogP contribution in [0, 0.1) is 0 Å². The zero-order valence-electron chi connectivity index (χ0n) is 16.7. The maximum absolute atomic E-state index is 5.12. The van der Waals surface area contributed by atoms with Crippen LogP contribution in [0.15, 0.2) is 4.99 Å². The number of methoxy groups -OCH3 is 1. The topological polar surface area (TPSA) is 79.6 Å². The van der Waals surface area contributed by atoms with E-state index in [0.717, 1.165) is 56.5 Å². The van der Waals surface area contributed by atoms with Gasteiger partial charge in [-0.05, 0) is 26.8 Å². The molecule has 0 fully saturated rings. The molecule has 2 atom stereocenters. The Morgan fingerprint density at radius 2 is 2.27 bits per heavy atom. The monoisotopic (exact) mass is 479 g/mol. The smallest absolute Gasteiger partial charge is 0.191 e. The van der Waals surface area contributed by atoms with Crippen LogP contribution in [0.25, 0.3) is 0 Å². The fourth-order valence-corrected chi connectivity index (χ4v) is 2.94. The van der Waals surface area contributed by atoms with Crippen LogP contribution in [0.2, 0.25) is 0 Å². The normalized spacial score (nSPS) is 18.2. The molecule has 1 aromatic rings. The highest BCUT2D eigenvalue weighted by Gasteiger charge is 2.22. The zero-order chi connectivity index (χ0) is 18.2. The summed E-state index contributed by atoms with van der Waals surface area (Å²) in [6.45, 7) is 7.61. The van der Waals surface area contributed by atoms with Crippen LogP contribution in [0.4, 0.5) is 0 Å². The second-order valence-corrected chi connectivity index (χ2v) is 6.68. The number of halogens is 1. The van der Waals surface area contributed by atoms with Gasteiger partial charge in [0, 0.05) is 45.8 Å². The molecule has 8 nitrogen and oxygen atoms in total. The average Bonchev–Trinajstić information content (AvgIpc) is 3.01. The van der Waals surface area contributed by atoms with E-state index in [1.54, 1.807) is 7.11 Å². The van der Waals surface area contributed by atoms with Crippen LogP contribution in [0.5, 0.6) is 0 Å². The van der Waals surface area contributed by atoms with Crippen molar-refractivity contribution in [3.8, 4) is 0 Å². The van der Waals surface area contributed by atoms with Crippen LogP contribution >= 0.6 is 24.0 Å². The van der Waals surface area contributed by atoms with Crippen LogP contribution in [0.1, 0.15) is 38.3 Å². The summed E-state index contributed by atoms with van der Waals surface area (Å²) in [5.41, 5.74) is 0. The molecule has 0 aliphatic carbocycles. The summed E-state index contributed by atoms with van der Waals surface area (Å²) in [4.78, 5) is 11.2. The van der Waals surface area contributed by atoms with Crippen LogP contribution in [-0.4, -0.2) is 72.0 Å². The molecule has 0 bridgehead atoms. The fraction of sp³-hybridized carbons (Fsp3) is 0.824. The number of nitrogens with zero attached hydrogens (tertiary/aromatic N) is 5. The first-order chi connectivity index (χ1) is 12.1. The number of hydrogen-bond donors (Lipinski definition) is 2. The molecule has 1 aliphatic rings. The number of likely N-dealkylation sites (N-methyl/N-ethyl adjacent to an activating group) is 1. The summed E-state index contributed by atoms with van der Waals surface area (Å²) in [5.74, 6) is 2.65. The number of guanidine groups is 1. The number of aliphatic imine (C=N–C) groups is 1. The highest BCUT2D eigenvalue weighted by atomic mass is 127.